The van der Waals surface area contributed by atoms with E-state index in [9.17, 15) is 4.79 Å². The van der Waals surface area contributed by atoms with E-state index in [1.165, 1.54) is 6.42 Å². The molecule has 2 aromatic rings. The van der Waals surface area contributed by atoms with Crippen LogP contribution in [0.15, 0.2) is 42.6 Å². The van der Waals surface area contributed by atoms with Crippen molar-refractivity contribution in [2.45, 2.75) is 45.2 Å². The van der Waals surface area contributed by atoms with Crippen molar-refractivity contribution >= 4 is 11.7 Å². The molecule has 1 aliphatic rings. The Morgan fingerprint density at radius 2 is 2.08 bits per heavy atom. The summed E-state index contributed by atoms with van der Waals surface area (Å²) in [5.41, 5.74) is 1.84. The molecule has 1 atom stereocenters. The van der Waals surface area contributed by atoms with Gasteiger partial charge in [0, 0.05) is 30.9 Å². The fourth-order valence-electron chi connectivity index (χ4n) is 3.45. The number of nitrogens with zero attached hydrogens (tertiary/aromatic N) is 2. The highest BCUT2D eigenvalue weighted by Crippen LogP contribution is 2.22. The number of ether oxygens (including phenoxy) is 1. The summed E-state index contributed by atoms with van der Waals surface area (Å²) in [6, 6.07) is 11.9. The number of benzene rings is 1. The summed E-state index contributed by atoms with van der Waals surface area (Å²) in [5, 5.41) is 3.30. The first kappa shape index (κ1) is 18.2. The molecule has 1 fully saturated rings. The maximum Gasteiger partial charge on any atom is 0.254 e. The van der Waals surface area contributed by atoms with Gasteiger partial charge in [0.15, 0.2) is 0 Å². The molecule has 0 aliphatic carbocycles. The van der Waals surface area contributed by atoms with Crippen molar-refractivity contribution in [3.8, 4) is 5.75 Å². The van der Waals surface area contributed by atoms with Crippen molar-refractivity contribution in [2.75, 3.05) is 19.0 Å². The number of amides is 1. The van der Waals surface area contributed by atoms with E-state index in [2.05, 4.69) is 17.2 Å². The highest BCUT2D eigenvalue weighted by atomic mass is 16.5. The zero-order valence-electron chi connectivity index (χ0n) is 15.6. The maximum absolute atomic E-state index is 12.9. The predicted octanol–water partition coefficient (Wildman–Crippen LogP) is 4.11. The van der Waals surface area contributed by atoms with Crippen LogP contribution in [0.2, 0.25) is 0 Å². The second kappa shape index (κ2) is 8.70. The Morgan fingerprint density at radius 3 is 2.81 bits per heavy atom. The molecule has 5 heteroatoms. The van der Waals surface area contributed by atoms with Crippen molar-refractivity contribution < 1.29 is 9.53 Å². The number of hydrogen-bond donors (Lipinski definition) is 1. The fraction of sp³-hybridized carbons (Fsp3) is 0.429. The van der Waals surface area contributed by atoms with Crippen LogP contribution in [0, 0.1) is 0 Å². The van der Waals surface area contributed by atoms with Gasteiger partial charge in [0.05, 0.1) is 7.11 Å². The minimum atomic E-state index is 0.117. The Morgan fingerprint density at radius 1 is 1.27 bits per heavy atom. The van der Waals surface area contributed by atoms with Gasteiger partial charge >= 0.3 is 0 Å². The van der Waals surface area contributed by atoms with Gasteiger partial charge in [0.25, 0.3) is 5.91 Å². The molecule has 26 heavy (non-hydrogen) atoms. The third-order valence-corrected chi connectivity index (χ3v) is 5.00. The molecule has 0 saturated carbocycles. The number of nitrogens with one attached hydrogen (secondary N) is 1. The molecule has 3 rings (SSSR count). The molecule has 1 aromatic carbocycles. The van der Waals surface area contributed by atoms with Crippen LogP contribution in [-0.4, -0.2) is 35.5 Å². The molecular weight excluding hydrogens is 326 g/mol. The SMILES string of the molecule is CCC1CCCCN1C(=O)c1ccnc(NCc2ccc(OC)cc2)c1. The molecular formula is C21H27N3O2. The average molecular weight is 353 g/mol. The van der Waals surface area contributed by atoms with E-state index < -0.39 is 0 Å². The minimum absolute atomic E-state index is 0.117. The smallest absolute Gasteiger partial charge is 0.254 e. The van der Waals surface area contributed by atoms with Crippen LogP contribution < -0.4 is 10.1 Å². The topological polar surface area (TPSA) is 54.5 Å². The zero-order chi connectivity index (χ0) is 18.4. The van der Waals surface area contributed by atoms with Crippen LogP contribution in [0.4, 0.5) is 5.82 Å². The molecule has 1 N–H and O–H groups in total. The lowest BCUT2D eigenvalue weighted by atomic mass is 9.99. The lowest BCUT2D eigenvalue weighted by Crippen LogP contribution is -2.43. The van der Waals surface area contributed by atoms with E-state index in [0.717, 1.165) is 42.9 Å². The Hall–Kier alpha value is -2.56. The third-order valence-electron chi connectivity index (χ3n) is 5.00. The van der Waals surface area contributed by atoms with Crippen LogP contribution in [0.1, 0.15) is 48.5 Å². The first-order valence-electron chi connectivity index (χ1n) is 9.35. The van der Waals surface area contributed by atoms with Gasteiger partial charge in [-0.25, -0.2) is 4.98 Å². The molecule has 1 amide bonds. The molecule has 1 aliphatic heterocycles. The summed E-state index contributed by atoms with van der Waals surface area (Å²) in [6.07, 6.45) is 6.13. The van der Waals surface area contributed by atoms with Gasteiger partial charge < -0.3 is 15.0 Å². The number of likely N-dealkylation sites (tertiary alicyclic amines) is 1. The number of aromatic nitrogens is 1. The Kier molecular flexibility index (Phi) is 6.10. The van der Waals surface area contributed by atoms with E-state index >= 15 is 0 Å². The first-order valence-corrected chi connectivity index (χ1v) is 9.35. The zero-order valence-corrected chi connectivity index (χ0v) is 15.6. The Balaban J connectivity index is 1.66. The Labute approximate surface area is 155 Å². The number of rotatable bonds is 6. The molecule has 1 aromatic heterocycles. The van der Waals surface area contributed by atoms with Crippen LogP contribution in [0.5, 0.6) is 5.75 Å². The lowest BCUT2D eigenvalue weighted by molar-refractivity contribution is 0.0608. The van der Waals surface area contributed by atoms with E-state index in [1.807, 2.05) is 41.3 Å². The van der Waals surface area contributed by atoms with Crippen LogP contribution in [0.25, 0.3) is 0 Å². The monoisotopic (exact) mass is 353 g/mol. The van der Waals surface area contributed by atoms with Crippen molar-refractivity contribution in [3.05, 3.63) is 53.7 Å². The minimum Gasteiger partial charge on any atom is -0.497 e. The van der Waals surface area contributed by atoms with Gasteiger partial charge in [-0.1, -0.05) is 19.1 Å². The van der Waals surface area contributed by atoms with E-state index in [4.69, 9.17) is 4.74 Å². The van der Waals surface area contributed by atoms with Crippen molar-refractivity contribution in [1.82, 2.24) is 9.88 Å². The third kappa shape index (κ3) is 4.34. The number of piperidine rings is 1. The molecule has 0 spiro atoms. The summed E-state index contributed by atoms with van der Waals surface area (Å²) in [5.74, 6) is 1.68. The molecule has 1 saturated heterocycles. The highest BCUT2D eigenvalue weighted by Gasteiger charge is 2.26. The summed E-state index contributed by atoms with van der Waals surface area (Å²) >= 11 is 0. The normalized spacial score (nSPS) is 17.0. The maximum atomic E-state index is 12.9. The van der Waals surface area contributed by atoms with Crippen LogP contribution in [0.3, 0.4) is 0 Å². The summed E-state index contributed by atoms with van der Waals surface area (Å²) in [7, 11) is 1.66. The molecule has 0 bridgehead atoms. The van der Waals surface area contributed by atoms with Gasteiger partial charge in [0.1, 0.15) is 11.6 Å². The summed E-state index contributed by atoms with van der Waals surface area (Å²) in [4.78, 5) is 19.3. The quantitative estimate of drug-likeness (QED) is 0.849. The van der Waals surface area contributed by atoms with Crippen molar-refractivity contribution in [2.24, 2.45) is 0 Å². The van der Waals surface area contributed by atoms with E-state index in [0.29, 0.717) is 18.2 Å². The number of pyridine rings is 1. The van der Waals surface area contributed by atoms with E-state index in [-0.39, 0.29) is 5.91 Å². The first-order chi connectivity index (χ1) is 12.7. The van der Waals surface area contributed by atoms with Crippen LogP contribution in [-0.2, 0) is 6.54 Å². The number of carbonyl (C=O) groups excluding carboxylic acids is 1. The highest BCUT2D eigenvalue weighted by molar-refractivity contribution is 5.95. The average Bonchev–Trinajstić information content (AvgIpc) is 2.72. The molecule has 138 valence electrons. The summed E-state index contributed by atoms with van der Waals surface area (Å²) in [6.45, 7) is 3.66. The molecule has 2 heterocycles. The van der Waals surface area contributed by atoms with Crippen molar-refractivity contribution in [1.29, 1.82) is 0 Å². The number of hydrogen-bond acceptors (Lipinski definition) is 4. The van der Waals surface area contributed by atoms with Gasteiger partial charge in [-0.2, -0.15) is 0 Å². The van der Waals surface area contributed by atoms with Gasteiger partial charge in [-0.15, -0.1) is 0 Å². The molecule has 1 unspecified atom stereocenters. The van der Waals surface area contributed by atoms with Crippen LogP contribution >= 0.6 is 0 Å². The summed E-state index contributed by atoms with van der Waals surface area (Å²) < 4.78 is 5.17. The number of methoxy groups -OCH3 is 1. The number of anilines is 1. The lowest BCUT2D eigenvalue weighted by Gasteiger charge is -2.35. The standard InChI is InChI=1S/C21H27N3O2/c1-3-18-6-4-5-13-24(18)21(25)17-11-12-22-20(14-17)23-15-16-7-9-19(26-2)10-8-16/h7-12,14,18H,3-6,13,15H2,1-2H3,(H,22,23). The Bertz CT molecular complexity index is 730. The largest absolute Gasteiger partial charge is 0.497 e. The van der Waals surface area contributed by atoms with Gasteiger partial charge in [-0.05, 0) is 55.5 Å². The van der Waals surface area contributed by atoms with Gasteiger partial charge in [0.2, 0.25) is 0 Å². The molecule has 5 nitrogen and oxygen atoms in total. The molecule has 0 radical (unpaired) electrons. The number of carbonyl (C=O) groups is 1. The predicted molar refractivity (Wildman–Crippen MR) is 104 cm³/mol. The van der Waals surface area contributed by atoms with Crippen molar-refractivity contribution in [3.63, 3.8) is 0 Å². The second-order valence-electron chi connectivity index (χ2n) is 6.69. The van der Waals surface area contributed by atoms with Gasteiger partial charge in [-0.3, -0.25) is 4.79 Å². The second-order valence-corrected chi connectivity index (χ2v) is 6.69. The van der Waals surface area contributed by atoms with E-state index in [1.54, 1.807) is 13.3 Å². The fourth-order valence-corrected chi connectivity index (χ4v) is 3.45.